The van der Waals surface area contributed by atoms with E-state index in [0.29, 0.717) is 5.02 Å². The first-order valence-corrected chi connectivity index (χ1v) is 7.17. The van der Waals surface area contributed by atoms with Crippen LogP contribution in [0.25, 0.3) is 0 Å². The monoisotopic (exact) mass is 335 g/mol. The molecule has 1 fully saturated rings. The minimum absolute atomic E-state index is 0.0621. The highest BCUT2D eigenvalue weighted by Gasteiger charge is 2.33. The molecule has 7 heteroatoms. The number of carbonyl (C=O) groups is 2. The predicted molar refractivity (Wildman–Crippen MR) is 78.4 cm³/mol. The highest BCUT2D eigenvalue weighted by Crippen LogP contribution is 2.34. The van der Waals surface area contributed by atoms with Crippen molar-refractivity contribution >= 4 is 52.4 Å². The Morgan fingerprint density at radius 1 is 1.25 bits per heavy atom. The maximum atomic E-state index is 11.9. The van der Waals surface area contributed by atoms with E-state index >= 15 is 0 Å². The average Bonchev–Trinajstić information content (AvgIpc) is 3.17. The van der Waals surface area contributed by atoms with E-state index in [1.807, 2.05) is 0 Å². The van der Waals surface area contributed by atoms with Crippen molar-refractivity contribution in [2.45, 2.75) is 25.9 Å². The number of hydrogen-bond donors (Lipinski definition) is 1. The van der Waals surface area contributed by atoms with Crippen LogP contribution in [0.4, 0.5) is 5.69 Å². The molecule has 0 radical (unpaired) electrons. The van der Waals surface area contributed by atoms with E-state index in [-0.39, 0.29) is 27.6 Å². The molecule has 0 bridgehead atoms. The van der Waals surface area contributed by atoms with Gasteiger partial charge in [-0.25, -0.2) is 0 Å². The largest absolute Gasteiger partial charge is 0.452 e. The summed E-state index contributed by atoms with van der Waals surface area (Å²) < 4.78 is 5.05. The SMILES string of the molecule is C[C@@H](OC(=O)C1CC1)C(=O)Nc1c(Cl)cc(Cl)cc1Cl. The van der Waals surface area contributed by atoms with Gasteiger partial charge in [-0.1, -0.05) is 34.8 Å². The highest BCUT2D eigenvalue weighted by atomic mass is 35.5. The summed E-state index contributed by atoms with van der Waals surface area (Å²) in [5.41, 5.74) is 0.247. The molecule has 1 aliphatic rings. The normalized spacial score (nSPS) is 15.6. The Morgan fingerprint density at radius 2 is 1.80 bits per heavy atom. The number of halogens is 3. The second-order valence-electron chi connectivity index (χ2n) is 4.59. The number of carbonyl (C=O) groups excluding carboxylic acids is 2. The summed E-state index contributed by atoms with van der Waals surface area (Å²) in [6.07, 6.45) is 0.732. The van der Waals surface area contributed by atoms with E-state index in [1.54, 1.807) is 0 Å². The van der Waals surface area contributed by atoms with Crippen LogP contribution in [-0.4, -0.2) is 18.0 Å². The van der Waals surface area contributed by atoms with Crippen LogP contribution in [0.3, 0.4) is 0 Å². The Labute approximate surface area is 131 Å². The predicted octanol–water partition coefficient (Wildman–Crippen LogP) is 3.93. The minimum atomic E-state index is -0.911. The Bertz CT molecular complexity index is 535. The van der Waals surface area contributed by atoms with E-state index in [2.05, 4.69) is 5.32 Å². The lowest BCUT2D eigenvalue weighted by Gasteiger charge is -2.15. The molecule has 1 N–H and O–H groups in total. The molecule has 4 nitrogen and oxygen atoms in total. The molecular formula is C13H12Cl3NO3. The summed E-state index contributed by atoms with van der Waals surface area (Å²) in [7, 11) is 0. The fourth-order valence-electron chi connectivity index (χ4n) is 1.53. The summed E-state index contributed by atoms with van der Waals surface area (Å²) in [5.74, 6) is -0.904. The van der Waals surface area contributed by atoms with Crippen molar-refractivity contribution in [3.8, 4) is 0 Å². The van der Waals surface area contributed by atoms with Crippen LogP contribution >= 0.6 is 34.8 Å². The third-order valence-corrected chi connectivity index (χ3v) is 3.64. The molecule has 1 saturated carbocycles. The zero-order chi connectivity index (χ0) is 14.9. The number of rotatable bonds is 4. The van der Waals surface area contributed by atoms with Gasteiger partial charge in [-0.05, 0) is 31.9 Å². The number of hydrogen-bond acceptors (Lipinski definition) is 3. The lowest BCUT2D eigenvalue weighted by Crippen LogP contribution is -2.30. The number of benzene rings is 1. The van der Waals surface area contributed by atoms with E-state index in [0.717, 1.165) is 12.8 Å². The van der Waals surface area contributed by atoms with Gasteiger partial charge in [0, 0.05) is 5.02 Å². The molecule has 1 atom stereocenters. The average molecular weight is 337 g/mol. The maximum Gasteiger partial charge on any atom is 0.309 e. The van der Waals surface area contributed by atoms with Gasteiger partial charge in [0.05, 0.1) is 21.7 Å². The van der Waals surface area contributed by atoms with Crippen LogP contribution < -0.4 is 5.32 Å². The Hall–Kier alpha value is -0.970. The van der Waals surface area contributed by atoms with E-state index < -0.39 is 12.0 Å². The van der Waals surface area contributed by atoms with Gasteiger partial charge in [-0.3, -0.25) is 9.59 Å². The zero-order valence-electron chi connectivity index (χ0n) is 10.6. The molecule has 0 unspecified atom stereocenters. The summed E-state index contributed by atoms with van der Waals surface area (Å²) >= 11 is 17.7. The molecule has 108 valence electrons. The summed E-state index contributed by atoms with van der Waals surface area (Å²) in [4.78, 5) is 23.4. The molecule has 0 heterocycles. The van der Waals surface area contributed by atoms with Crippen molar-refractivity contribution < 1.29 is 14.3 Å². The molecule has 0 saturated heterocycles. The number of ether oxygens (including phenoxy) is 1. The van der Waals surface area contributed by atoms with Crippen molar-refractivity contribution in [3.05, 3.63) is 27.2 Å². The Balaban J connectivity index is 2.01. The summed E-state index contributed by atoms with van der Waals surface area (Å²) in [6.45, 7) is 1.49. The van der Waals surface area contributed by atoms with Gasteiger partial charge in [0.2, 0.25) is 0 Å². The molecule has 0 aliphatic heterocycles. The summed E-state index contributed by atoms with van der Waals surface area (Å²) in [5, 5.41) is 3.34. The van der Waals surface area contributed by atoms with Crippen LogP contribution in [0.5, 0.6) is 0 Å². The van der Waals surface area contributed by atoms with Crippen molar-refractivity contribution in [1.29, 1.82) is 0 Å². The van der Waals surface area contributed by atoms with Gasteiger partial charge in [0.1, 0.15) is 0 Å². The molecule has 1 aliphatic carbocycles. The molecule has 1 amide bonds. The Kier molecular flexibility index (Phi) is 4.78. The van der Waals surface area contributed by atoms with Gasteiger partial charge in [0.15, 0.2) is 6.10 Å². The lowest BCUT2D eigenvalue weighted by molar-refractivity contribution is -0.154. The quantitative estimate of drug-likeness (QED) is 0.848. The fraction of sp³-hybridized carbons (Fsp3) is 0.385. The third-order valence-electron chi connectivity index (χ3n) is 2.83. The molecule has 0 aromatic heterocycles. The van der Waals surface area contributed by atoms with Crippen LogP contribution in [0.2, 0.25) is 15.1 Å². The smallest absolute Gasteiger partial charge is 0.309 e. The van der Waals surface area contributed by atoms with Gasteiger partial charge in [-0.2, -0.15) is 0 Å². The van der Waals surface area contributed by atoms with Gasteiger partial charge < -0.3 is 10.1 Å². The van der Waals surface area contributed by atoms with Crippen LogP contribution in [0.15, 0.2) is 12.1 Å². The first-order chi connectivity index (χ1) is 9.38. The van der Waals surface area contributed by atoms with Gasteiger partial charge in [0.25, 0.3) is 5.91 Å². The molecular weight excluding hydrogens is 325 g/mol. The van der Waals surface area contributed by atoms with Gasteiger partial charge in [-0.15, -0.1) is 0 Å². The zero-order valence-corrected chi connectivity index (χ0v) is 12.9. The van der Waals surface area contributed by atoms with E-state index in [1.165, 1.54) is 19.1 Å². The fourth-order valence-corrected chi connectivity index (χ4v) is 2.44. The number of amides is 1. The van der Waals surface area contributed by atoms with E-state index in [4.69, 9.17) is 39.5 Å². The van der Waals surface area contributed by atoms with Crippen molar-refractivity contribution in [2.24, 2.45) is 5.92 Å². The van der Waals surface area contributed by atoms with Crippen molar-refractivity contribution in [1.82, 2.24) is 0 Å². The first-order valence-electron chi connectivity index (χ1n) is 6.04. The molecule has 1 aromatic carbocycles. The highest BCUT2D eigenvalue weighted by molar-refractivity contribution is 6.42. The molecule has 20 heavy (non-hydrogen) atoms. The van der Waals surface area contributed by atoms with Gasteiger partial charge >= 0.3 is 5.97 Å². The number of nitrogens with one attached hydrogen (secondary N) is 1. The summed E-state index contributed by atoms with van der Waals surface area (Å²) in [6, 6.07) is 2.93. The van der Waals surface area contributed by atoms with E-state index in [9.17, 15) is 9.59 Å². The second-order valence-corrected chi connectivity index (χ2v) is 5.84. The molecule has 0 spiro atoms. The third kappa shape index (κ3) is 3.78. The minimum Gasteiger partial charge on any atom is -0.452 e. The molecule has 1 aromatic rings. The van der Waals surface area contributed by atoms with Crippen molar-refractivity contribution in [2.75, 3.05) is 5.32 Å². The first kappa shape index (κ1) is 15.4. The van der Waals surface area contributed by atoms with Crippen LogP contribution in [0, 0.1) is 5.92 Å². The lowest BCUT2D eigenvalue weighted by atomic mass is 10.3. The van der Waals surface area contributed by atoms with Crippen LogP contribution in [0.1, 0.15) is 19.8 Å². The standard InChI is InChI=1S/C13H12Cl3NO3/c1-6(20-13(19)7-2-3-7)12(18)17-11-9(15)4-8(14)5-10(11)16/h4-7H,2-3H2,1H3,(H,17,18)/t6-/m1/s1. The number of anilines is 1. The molecule has 2 rings (SSSR count). The Morgan fingerprint density at radius 3 is 2.30 bits per heavy atom. The maximum absolute atomic E-state index is 11.9. The second kappa shape index (κ2) is 6.20. The topological polar surface area (TPSA) is 55.4 Å². The van der Waals surface area contributed by atoms with Crippen LogP contribution in [-0.2, 0) is 14.3 Å². The number of esters is 1. The van der Waals surface area contributed by atoms with Crippen molar-refractivity contribution in [3.63, 3.8) is 0 Å².